The van der Waals surface area contributed by atoms with Gasteiger partial charge in [0.15, 0.2) is 0 Å². The number of halogens is 1. The lowest BCUT2D eigenvalue weighted by Gasteiger charge is -1.87. The zero-order chi connectivity index (χ0) is 9.42. The number of aromatic nitrogens is 1. The molecule has 0 saturated heterocycles. The summed E-state index contributed by atoms with van der Waals surface area (Å²) in [6.07, 6.45) is 0. The number of aromatic carboxylic acids is 1. The van der Waals surface area contributed by atoms with E-state index in [0.717, 1.165) is 16.7 Å². The van der Waals surface area contributed by atoms with Crippen LogP contribution < -0.4 is 0 Å². The monoisotopic (exact) mass is 213 g/mol. The number of rotatable bonds is 1. The molecule has 1 N–H and O–H groups in total. The Kier molecular flexibility index (Phi) is 1.94. The van der Waals surface area contributed by atoms with Gasteiger partial charge in [0, 0.05) is 5.39 Å². The van der Waals surface area contributed by atoms with Gasteiger partial charge in [0.1, 0.15) is 14.9 Å². The molecule has 0 saturated carbocycles. The summed E-state index contributed by atoms with van der Waals surface area (Å²) in [4.78, 5) is 15.5. The Hall–Kier alpha value is -1.13. The van der Waals surface area contributed by atoms with Crippen molar-refractivity contribution < 1.29 is 9.90 Å². The standard InChI is InChI=1S/C8H4ClNO2S/c9-6-2-1-4-3-5(8(11)12)13-7(4)10-6/h1-3H,(H,11,12). The van der Waals surface area contributed by atoms with Crippen LogP contribution in [-0.4, -0.2) is 16.1 Å². The SMILES string of the molecule is O=C(O)c1cc2ccc(Cl)nc2s1. The number of pyridine rings is 1. The highest BCUT2D eigenvalue weighted by Gasteiger charge is 2.08. The van der Waals surface area contributed by atoms with Crippen molar-refractivity contribution in [3.05, 3.63) is 28.2 Å². The summed E-state index contributed by atoms with van der Waals surface area (Å²) in [7, 11) is 0. The van der Waals surface area contributed by atoms with Crippen LogP contribution in [0.1, 0.15) is 9.67 Å². The van der Waals surface area contributed by atoms with Crippen LogP contribution in [0.25, 0.3) is 10.2 Å². The summed E-state index contributed by atoms with van der Waals surface area (Å²) in [5.74, 6) is -0.931. The van der Waals surface area contributed by atoms with E-state index in [2.05, 4.69) is 4.98 Å². The lowest BCUT2D eigenvalue weighted by atomic mass is 10.3. The quantitative estimate of drug-likeness (QED) is 0.741. The molecule has 0 amide bonds. The Morgan fingerprint density at radius 1 is 1.54 bits per heavy atom. The predicted octanol–water partition coefficient (Wildman–Crippen LogP) is 2.65. The summed E-state index contributed by atoms with van der Waals surface area (Å²) in [5.41, 5.74) is 0. The highest BCUT2D eigenvalue weighted by Crippen LogP contribution is 2.25. The van der Waals surface area contributed by atoms with Gasteiger partial charge in [-0.15, -0.1) is 11.3 Å². The largest absolute Gasteiger partial charge is 0.477 e. The highest BCUT2D eigenvalue weighted by molar-refractivity contribution is 7.20. The number of hydrogen-bond donors (Lipinski definition) is 1. The number of carboxylic acid groups (broad SMARTS) is 1. The van der Waals surface area contributed by atoms with Crippen molar-refractivity contribution in [3.63, 3.8) is 0 Å². The first kappa shape index (κ1) is 8.47. The first-order chi connectivity index (χ1) is 6.16. The van der Waals surface area contributed by atoms with Gasteiger partial charge in [-0.05, 0) is 18.2 Å². The zero-order valence-corrected chi connectivity index (χ0v) is 7.89. The summed E-state index contributed by atoms with van der Waals surface area (Å²) in [6, 6.07) is 4.99. The van der Waals surface area contributed by atoms with Gasteiger partial charge in [-0.1, -0.05) is 11.6 Å². The molecule has 13 heavy (non-hydrogen) atoms. The van der Waals surface area contributed by atoms with Crippen LogP contribution in [0.15, 0.2) is 18.2 Å². The summed E-state index contributed by atoms with van der Waals surface area (Å²) in [5, 5.41) is 9.90. The molecule has 0 aliphatic carbocycles. The molecule has 0 radical (unpaired) electrons. The second kappa shape index (κ2) is 2.97. The van der Waals surface area contributed by atoms with E-state index >= 15 is 0 Å². The van der Waals surface area contributed by atoms with E-state index in [0.29, 0.717) is 9.98 Å². The number of fused-ring (bicyclic) bond motifs is 1. The molecule has 5 heteroatoms. The number of hydrogen-bond acceptors (Lipinski definition) is 3. The number of nitrogens with zero attached hydrogens (tertiary/aromatic N) is 1. The van der Waals surface area contributed by atoms with Crippen molar-refractivity contribution in [2.75, 3.05) is 0 Å². The van der Waals surface area contributed by atoms with Crippen molar-refractivity contribution >= 4 is 39.1 Å². The molecular formula is C8H4ClNO2S. The molecular weight excluding hydrogens is 210 g/mol. The fourth-order valence-corrected chi connectivity index (χ4v) is 2.07. The summed E-state index contributed by atoms with van der Waals surface area (Å²) < 4.78 is 0. The molecule has 2 rings (SSSR count). The van der Waals surface area contributed by atoms with Crippen LogP contribution in [0.3, 0.4) is 0 Å². The smallest absolute Gasteiger partial charge is 0.345 e. The van der Waals surface area contributed by atoms with Crippen LogP contribution in [0.2, 0.25) is 5.15 Å². The van der Waals surface area contributed by atoms with Crippen molar-refractivity contribution in [2.24, 2.45) is 0 Å². The molecule has 0 atom stereocenters. The molecule has 0 fully saturated rings. The lowest BCUT2D eigenvalue weighted by Crippen LogP contribution is -1.89. The maximum absolute atomic E-state index is 10.6. The minimum atomic E-state index is -0.931. The lowest BCUT2D eigenvalue weighted by molar-refractivity contribution is 0.0702. The molecule has 2 heterocycles. The molecule has 66 valence electrons. The van der Waals surface area contributed by atoms with Gasteiger partial charge in [0.05, 0.1) is 0 Å². The number of thiophene rings is 1. The van der Waals surface area contributed by atoms with Crippen molar-refractivity contribution in [1.29, 1.82) is 0 Å². The molecule has 0 unspecified atom stereocenters. The van der Waals surface area contributed by atoms with E-state index in [-0.39, 0.29) is 4.88 Å². The third-order valence-electron chi connectivity index (χ3n) is 1.56. The molecule has 0 aliphatic rings. The number of carbonyl (C=O) groups is 1. The minimum Gasteiger partial charge on any atom is -0.477 e. The third-order valence-corrected chi connectivity index (χ3v) is 2.80. The first-order valence-electron chi connectivity index (χ1n) is 3.46. The van der Waals surface area contributed by atoms with Crippen molar-refractivity contribution in [3.8, 4) is 0 Å². The Morgan fingerprint density at radius 3 is 3.00 bits per heavy atom. The Bertz CT molecular complexity index is 480. The van der Waals surface area contributed by atoms with Gasteiger partial charge in [-0.2, -0.15) is 0 Å². The fourth-order valence-electron chi connectivity index (χ4n) is 1.00. The van der Waals surface area contributed by atoms with E-state index in [9.17, 15) is 4.79 Å². The minimum absolute atomic E-state index is 0.282. The van der Waals surface area contributed by atoms with E-state index in [1.165, 1.54) is 0 Å². The first-order valence-corrected chi connectivity index (χ1v) is 4.65. The Morgan fingerprint density at radius 2 is 2.31 bits per heavy atom. The molecule has 0 bridgehead atoms. The predicted molar refractivity (Wildman–Crippen MR) is 51.6 cm³/mol. The van der Waals surface area contributed by atoms with Crippen LogP contribution in [-0.2, 0) is 0 Å². The van der Waals surface area contributed by atoms with Gasteiger partial charge in [0.2, 0.25) is 0 Å². The normalized spacial score (nSPS) is 10.5. The third kappa shape index (κ3) is 1.50. The molecule has 0 spiro atoms. The van der Waals surface area contributed by atoms with Gasteiger partial charge < -0.3 is 5.11 Å². The average molecular weight is 214 g/mol. The molecule has 3 nitrogen and oxygen atoms in total. The van der Waals surface area contributed by atoms with Crippen LogP contribution in [0.5, 0.6) is 0 Å². The van der Waals surface area contributed by atoms with Crippen LogP contribution >= 0.6 is 22.9 Å². The van der Waals surface area contributed by atoms with Crippen molar-refractivity contribution in [1.82, 2.24) is 4.98 Å². The average Bonchev–Trinajstić information content (AvgIpc) is 2.46. The number of carboxylic acids is 1. The second-order valence-corrected chi connectivity index (χ2v) is 3.86. The topological polar surface area (TPSA) is 50.2 Å². The van der Waals surface area contributed by atoms with Gasteiger partial charge in [-0.25, -0.2) is 9.78 Å². The maximum Gasteiger partial charge on any atom is 0.345 e. The van der Waals surface area contributed by atoms with E-state index in [4.69, 9.17) is 16.7 Å². The highest BCUT2D eigenvalue weighted by atomic mass is 35.5. The van der Waals surface area contributed by atoms with E-state index < -0.39 is 5.97 Å². The maximum atomic E-state index is 10.6. The molecule has 2 aromatic rings. The molecule has 2 aromatic heterocycles. The van der Waals surface area contributed by atoms with Crippen LogP contribution in [0.4, 0.5) is 0 Å². The molecule has 0 aromatic carbocycles. The van der Waals surface area contributed by atoms with Crippen LogP contribution in [0, 0.1) is 0 Å². The Balaban J connectivity index is 2.68. The summed E-state index contributed by atoms with van der Waals surface area (Å²) in [6.45, 7) is 0. The summed E-state index contributed by atoms with van der Waals surface area (Å²) >= 11 is 6.78. The van der Waals surface area contributed by atoms with Crippen molar-refractivity contribution in [2.45, 2.75) is 0 Å². The fraction of sp³-hybridized carbons (Fsp3) is 0. The van der Waals surface area contributed by atoms with E-state index in [1.54, 1.807) is 18.2 Å². The zero-order valence-electron chi connectivity index (χ0n) is 6.32. The van der Waals surface area contributed by atoms with E-state index in [1.807, 2.05) is 0 Å². The Labute approximate surface area is 82.6 Å². The van der Waals surface area contributed by atoms with Gasteiger partial charge in [0.25, 0.3) is 0 Å². The van der Waals surface area contributed by atoms with Gasteiger partial charge >= 0.3 is 5.97 Å². The molecule has 0 aliphatic heterocycles. The van der Waals surface area contributed by atoms with Gasteiger partial charge in [-0.3, -0.25) is 0 Å². The second-order valence-electron chi connectivity index (χ2n) is 2.44.